The van der Waals surface area contributed by atoms with Crippen LogP contribution in [0.4, 0.5) is 0 Å². The van der Waals surface area contributed by atoms with Gasteiger partial charge in [0.15, 0.2) is 56.0 Å². The number of carbonyl (C=O) groups excluding carboxylic acids is 2. The van der Waals surface area contributed by atoms with Crippen LogP contribution in [-0.2, 0) is 30.1 Å². The topological polar surface area (TPSA) is 147 Å². The van der Waals surface area contributed by atoms with E-state index in [0.29, 0.717) is 29.2 Å². The highest BCUT2D eigenvalue weighted by atomic mass is 16.7. The van der Waals surface area contributed by atoms with Crippen molar-refractivity contribution in [3.05, 3.63) is 63.0 Å². The number of hydrogen-bond acceptors (Lipinski definition) is 13. The Bertz CT molecular complexity index is 1730. The van der Waals surface area contributed by atoms with Crippen molar-refractivity contribution in [3.8, 4) is 23.0 Å². The summed E-state index contributed by atoms with van der Waals surface area (Å²) in [5.41, 5.74) is 0.233. The minimum atomic E-state index is -0.792. The SMILES string of the molecule is COCOc1cc2c(cc1OCOC)C(=O)C(c1coc3cc(OCOC)c(OCOC)c(C(=O)OCC4CCC(C)CC4)c3c1=O)=CC2. The molecule has 0 atom stereocenters. The zero-order chi connectivity index (χ0) is 34.9. The van der Waals surface area contributed by atoms with E-state index in [1.54, 1.807) is 18.2 Å². The van der Waals surface area contributed by atoms with E-state index in [1.165, 1.54) is 40.8 Å². The number of hydrogen-bond donors (Lipinski definition) is 0. The summed E-state index contributed by atoms with van der Waals surface area (Å²) < 4.78 is 54.9. The molecule has 0 saturated heterocycles. The lowest BCUT2D eigenvalue weighted by atomic mass is 9.83. The number of carbonyl (C=O) groups is 2. The van der Waals surface area contributed by atoms with Crippen LogP contribution in [0, 0.1) is 11.8 Å². The summed E-state index contributed by atoms with van der Waals surface area (Å²) in [7, 11) is 5.82. The summed E-state index contributed by atoms with van der Waals surface area (Å²) in [5.74, 6) is 0.223. The monoisotopic (exact) mass is 682 g/mol. The van der Waals surface area contributed by atoms with Crippen molar-refractivity contribution >= 4 is 28.3 Å². The molecule has 0 amide bonds. The Morgan fingerprint density at radius 1 is 0.776 bits per heavy atom. The first-order valence-electron chi connectivity index (χ1n) is 16.0. The summed E-state index contributed by atoms with van der Waals surface area (Å²) in [4.78, 5) is 42.3. The molecule has 0 aliphatic heterocycles. The second kappa shape index (κ2) is 16.8. The Morgan fingerprint density at radius 2 is 1.39 bits per heavy atom. The van der Waals surface area contributed by atoms with Gasteiger partial charge >= 0.3 is 5.97 Å². The van der Waals surface area contributed by atoms with Crippen LogP contribution in [0.25, 0.3) is 16.5 Å². The molecule has 13 nitrogen and oxygen atoms in total. The van der Waals surface area contributed by atoms with Gasteiger partial charge in [-0.2, -0.15) is 0 Å². The fourth-order valence-corrected chi connectivity index (χ4v) is 6.01. The second-order valence-electron chi connectivity index (χ2n) is 12.0. The molecule has 264 valence electrons. The van der Waals surface area contributed by atoms with Gasteiger partial charge in [-0.25, -0.2) is 4.79 Å². The van der Waals surface area contributed by atoms with Gasteiger partial charge in [0.05, 0.1) is 17.6 Å². The molecule has 3 aromatic rings. The quantitative estimate of drug-likeness (QED) is 0.138. The van der Waals surface area contributed by atoms with Gasteiger partial charge in [0.2, 0.25) is 5.43 Å². The van der Waals surface area contributed by atoms with E-state index in [0.717, 1.165) is 25.7 Å². The van der Waals surface area contributed by atoms with Crippen LogP contribution in [-0.4, -0.2) is 74.0 Å². The predicted molar refractivity (Wildman–Crippen MR) is 176 cm³/mol. The third-order valence-electron chi connectivity index (χ3n) is 8.57. The molecule has 1 aromatic heterocycles. The van der Waals surface area contributed by atoms with Gasteiger partial charge < -0.3 is 47.0 Å². The highest BCUT2D eigenvalue weighted by Gasteiger charge is 2.32. The number of Topliss-reactive ketones (excluding diaryl/α,β-unsaturated/α-hetero) is 1. The lowest BCUT2D eigenvalue weighted by Crippen LogP contribution is -2.22. The summed E-state index contributed by atoms with van der Waals surface area (Å²) >= 11 is 0. The number of allylic oxidation sites excluding steroid dienone is 2. The van der Waals surface area contributed by atoms with E-state index in [4.69, 9.17) is 47.0 Å². The molecule has 1 saturated carbocycles. The maximum atomic E-state index is 14.4. The zero-order valence-electron chi connectivity index (χ0n) is 28.4. The van der Waals surface area contributed by atoms with Crippen LogP contribution >= 0.6 is 0 Å². The molecule has 2 aliphatic rings. The lowest BCUT2D eigenvalue weighted by Gasteiger charge is -2.26. The number of methoxy groups -OCH3 is 4. The highest BCUT2D eigenvalue weighted by Crippen LogP contribution is 2.40. The van der Waals surface area contributed by atoms with Crippen LogP contribution in [0.5, 0.6) is 23.0 Å². The van der Waals surface area contributed by atoms with Crippen molar-refractivity contribution in [3.63, 3.8) is 0 Å². The molecule has 0 unspecified atom stereocenters. The number of esters is 1. The Hall–Kier alpha value is -4.43. The van der Waals surface area contributed by atoms with Gasteiger partial charge in [-0.3, -0.25) is 9.59 Å². The third kappa shape index (κ3) is 8.07. The first kappa shape index (κ1) is 35.9. The van der Waals surface area contributed by atoms with Crippen LogP contribution < -0.4 is 24.4 Å². The number of ether oxygens (including phenoxy) is 9. The average Bonchev–Trinajstić information content (AvgIpc) is 3.11. The van der Waals surface area contributed by atoms with Gasteiger partial charge in [0.1, 0.15) is 17.4 Å². The molecule has 49 heavy (non-hydrogen) atoms. The van der Waals surface area contributed by atoms with E-state index in [9.17, 15) is 14.4 Å². The molecule has 5 rings (SSSR count). The fraction of sp³-hybridized carbons (Fsp3) is 0.472. The summed E-state index contributed by atoms with van der Waals surface area (Å²) in [5, 5.41) is -0.123. The molecule has 13 heteroatoms. The van der Waals surface area contributed by atoms with Crippen LogP contribution in [0.1, 0.15) is 64.4 Å². The Labute approximate surface area is 283 Å². The van der Waals surface area contributed by atoms with Gasteiger partial charge in [-0.15, -0.1) is 0 Å². The Kier molecular flexibility index (Phi) is 12.3. The molecule has 0 spiro atoms. The molecule has 0 bridgehead atoms. The third-order valence-corrected chi connectivity index (χ3v) is 8.57. The fourth-order valence-electron chi connectivity index (χ4n) is 6.01. The van der Waals surface area contributed by atoms with Gasteiger partial charge in [0, 0.05) is 45.6 Å². The molecule has 0 radical (unpaired) electrons. The maximum absolute atomic E-state index is 14.4. The molecule has 0 N–H and O–H groups in total. The van der Waals surface area contributed by atoms with E-state index in [1.807, 2.05) is 0 Å². The first-order chi connectivity index (χ1) is 23.8. The molecule has 1 heterocycles. The maximum Gasteiger partial charge on any atom is 0.342 e. The van der Waals surface area contributed by atoms with Crippen molar-refractivity contribution in [1.82, 2.24) is 0 Å². The second-order valence-corrected chi connectivity index (χ2v) is 12.0. The number of fused-ring (bicyclic) bond motifs is 2. The normalized spacial score (nSPS) is 17.3. The number of rotatable bonds is 16. The van der Waals surface area contributed by atoms with Crippen molar-refractivity contribution in [1.29, 1.82) is 0 Å². The number of benzene rings is 2. The minimum absolute atomic E-state index is 0.0301. The minimum Gasteiger partial charge on any atom is -0.464 e. The van der Waals surface area contributed by atoms with Crippen molar-refractivity contribution in [2.45, 2.75) is 39.0 Å². The van der Waals surface area contributed by atoms with Crippen LogP contribution in [0.2, 0.25) is 0 Å². The Morgan fingerprint density at radius 3 is 2.04 bits per heavy atom. The number of ketones is 1. The highest BCUT2D eigenvalue weighted by molar-refractivity contribution is 6.30. The van der Waals surface area contributed by atoms with E-state index in [2.05, 4.69) is 6.92 Å². The Balaban J connectivity index is 1.59. The first-order valence-corrected chi connectivity index (χ1v) is 16.0. The zero-order valence-corrected chi connectivity index (χ0v) is 28.4. The van der Waals surface area contributed by atoms with E-state index in [-0.39, 0.29) is 84.6 Å². The van der Waals surface area contributed by atoms with Gasteiger partial charge in [-0.1, -0.05) is 25.8 Å². The van der Waals surface area contributed by atoms with Crippen molar-refractivity contribution < 1.29 is 56.6 Å². The van der Waals surface area contributed by atoms with Gasteiger partial charge in [0.25, 0.3) is 0 Å². The van der Waals surface area contributed by atoms with Crippen LogP contribution in [0.15, 0.2) is 39.7 Å². The smallest absolute Gasteiger partial charge is 0.342 e. The largest absolute Gasteiger partial charge is 0.464 e. The average molecular weight is 683 g/mol. The molecule has 2 aliphatic carbocycles. The summed E-state index contributed by atoms with van der Waals surface area (Å²) in [6.07, 6.45) is 7.10. The van der Waals surface area contributed by atoms with Crippen molar-refractivity contribution in [2.75, 3.05) is 62.2 Å². The standard InChI is InChI=1S/C36H42O13/c1-21-6-8-22(9-7-21)15-45-36(39)32-31-29(14-30(48-19-42-4)35(32)49-20-43-5)44-16-26(34(31)38)24-11-10-23-12-27(46-17-40-2)28(47-18-41-3)13-25(23)33(24)37/h11-14,16,21-22H,6-10,15,17-20H2,1-5H3. The molecule has 1 fully saturated rings. The van der Waals surface area contributed by atoms with E-state index >= 15 is 0 Å². The summed E-state index contributed by atoms with van der Waals surface area (Å²) in [6.45, 7) is 1.83. The molecular formula is C36H42O13. The summed E-state index contributed by atoms with van der Waals surface area (Å²) in [6, 6.07) is 4.66. The van der Waals surface area contributed by atoms with Crippen LogP contribution in [0.3, 0.4) is 0 Å². The lowest BCUT2D eigenvalue weighted by molar-refractivity contribution is 0.0277. The van der Waals surface area contributed by atoms with Gasteiger partial charge in [-0.05, 0) is 48.8 Å². The van der Waals surface area contributed by atoms with Crippen molar-refractivity contribution in [2.24, 2.45) is 11.8 Å². The molecular weight excluding hydrogens is 640 g/mol. The predicted octanol–water partition coefficient (Wildman–Crippen LogP) is 5.53. The van der Waals surface area contributed by atoms with E-state index < -0.39 is 17.2 Å². The molecule has 2 aromatic carbocycles.